The molecule has 0 bridgehead atoms. The summed E-state index contributed by atoms with van der Waals surface area (Å²) in [6.45, 7) is 2.54. The van der Waals surface area contributed by atoms with Gasteiger partial charge in [-0.3, -0.25) is 14.7 Å². The van der Waals surface area contributed by atoms with Gasteiger partial charge < -0.3 is 5.11 Å². The third-order valence-corrected chi connectivity index (χ3v) is 4.95. The Morgan fingerprint density at radius 3 is 2.73 bits per heavy atom. The first-order valence-corrected chi connectivity index (χ1v) is 8.89. The molecule has 0 amide bonds. The second kappa shape index (κ2) is 7.91. The zero-order valence-electron chi connectivity index (χ0n) is 14.7. The van der Waals surface area contributed by atoms with Crippen molar-refractivity contribution in [3.05, 3.63) is 65.0 Å². The van der Waals surface area contributed by atoms with Crippen LogP contribution < -0.4 is 0 Å². The molecule has 0 radical (unpaired) electrons. The number of nitrogens with zero attached hydrogens (tertiary/aromatic N) is 2. The fourth-order valence-electron chi connectivity index (χ4n) is 3.57. The zero-order valence-corrected chi connectivity index (χ0v) is 14.7. The fraction of sp³-hybridized carbons (Fsp3) is 0.400. The van der Waals surface area contributed by atoms with Crippen LogP contribution in [0.5, 0.6) is 0 Å². The first-order chi connectivity index (χ1) is 12.5. The van der Waals surface area contributed by atoms with Crippen molar-refractivity contribution in [2.24, 2.45) is 0 Å². The SMILES string of the molecule is CCc1ccc(C(c2ccc(F)cc2F)N2CCCCC2C(=O)O)nc1. The summed E-state index contributed by atoms with van der Waals surface area (Å²) < 4.78 is 28.0. The van der Waals surface area contributed by atoms with Gasteiger partial charge >= 0.3 is 5.97 Å². The van der Waals surface area contributed by atoms with Crippen molar-refractivity contribution < 1.29 is 18.7 Å². The molecule has 3 rings (SSSR count). The number of hydrogen-bond donors (Lipinski definition) is 1. The van der Waals surface area contributed by atoms with Crippen molar-refractivity contribution in [2.75, 3.05) is 6.54 Å². The maximum atomic E-state index is 14.6. The summed E-state index contributed by atoms with van der Waals surface area (Å²) in [6.07, 6.45) is 4.69. The highest BCUT2D eigenvalue weighted by molar-refractivity contribution is 5.73. The van der Waals surface area contributed by atoms with Crippen LogP contribution >= 0.6 is 0 Å². The predicted octanol–water partition coefficient (Wildman–Crippen LogP) is 3.95. The van der Waals surface area contributed by atoms with Crippen molar-refractivity contribution in [1.29, 1.82) is 0 Å². The van der Waals surface area contributed by atoms with E-state index in [0.717, 1.165) is 30.9 Å². The molecule has 1 saturated heterocycles. The molecule has 6 heteroatoms. The number of carboxylic acid groups (broad SMARTS) is 1. The lowest BCUT2D eigenvalue weighted by Gasteiger charge is -2.39. The topological polar surface area (TPSA) is 53.4 Å². The van der Waals surface area contributed by atoms with Gasteiger partial charge in [-0.1, -0.05) is 25.5 Å². The van der Waals surface area contributed by atoms with Crippen LogP contribution in [0.2, 0.25) is 0 Å². The number of likely N-dealkylation sites (tertiary alicyclic amines) is 1. The normalized spacial score (nSPS) is 19.3. The standard InChI is InChI=1S/C20H22F2N2O2/c1-2-13-6-9-17(23-12-13)19(15-8-7-14(21)11-16(15)22)24-10-4-3-5-18(24)20(25)26/h6-9,11-12,18-19H,2-5,10H2,1H3,(H,25,26). The summed E-state index contributed by atoms with van der Waals surface area (Å²) in [5, 5.41) is 9.63. The Morgan fingerprint density at radius 1 is 1.31 bits per heavy atom. The third-order valence-electron chi connectivity index (χ3n) is 4.95. The number of rotatable bonds is 5. The van der Waals surface area contributed by atoms with Gasteiger partial charge in [-0.2, -0.15) is 0 Å². The van der Waals surface area contributed by atoms with Gasteiger partial charge in [0.15, 0.2) is 0 Å². The Morgan fingerprint density at radius 2 is 2.12 bits per heavy atom. The first-order valence-electron chi connectivity index (χ1n) is 8.89. The molecule has 26 heavy (non-hydrogen) atoms. The van der Waals surface area contributed by atoms with E-state index in [1.165, 1.54) is 12.1 Å². The molecule has 138 valence electrons. The summed E-state index contributed by atoms with van der Waals surface area (Å²) in [7, 11) is 0. The zero-order chi connectivity index (χ0) is 18.7. The maximum Gasteiger partial charge on any atom is 0.320 e. The Balaban J connectivity index is 2.09. The Labute approximate surface area is 151 Å². The molecule has 0 saturated carbocycles. The number of carboxylic acids is 1. The van der Waals surface area contributed by atoms with Gasteiger partial charge in [0.05, 0.1) is 11.7 Å². The fourth-order valence-corrected chi connectivity index (χ4v) is 3.57. The molecule has 1 N–H and O–H groups in total. The van der Waals surface area contributed by atoms with Crippen LogP contribution in [-0.2, 0) is 11.2 Å². The Bertz CT molecular complexity index is 780. The summed E-state index contributed by atoms with van der Waals surface area (Å²) in [4.78, 5) is 18.0. The molecule has 1 fully saturated rings. The largest absolute Gasteiger partial charge is 0.480 e. The average Bonchev–Trinajstić information content (AvgIpc) is 2.64. The number of halogens is 2. The van der Waals surface area contributed by atoms with Crippen LogP contribution in [0.3, 0.4) is 0 Å². The predicted molar refractivity (Wildman–Crippen MR) is 93.8 cm³/mol. The van der Waals surface area contributed by atoms with Crippen molar-refractivity contribution in [3.63, 3.8) is 0 Å². The van der Waals surface area contributed by atoms with Crippen LogP contribution in [-0.4, -0.2) is 33.5 Å². The van der Waals surface area contributed by atoms with Gasteiger partial charge in [0, 0.05) is 17.8 Å². The molecule has 2 aromatic rings. The maximum absolute atomic E-state index is 14.6. The molecule has 0 spiro atoms. The van der Waals surface area contributed by atoms with Gasteiger partial charge in [0.25, 0.3) is 0 Å². The van der Waals surface area contributed by atoms with Crippen molar-refractivity contribution in [3.8, 4) is 0 Å². The molecule has 4 nitrogen and oxygen atoms in total. The van der Waals surface area contributed by atoms with Crippen LogP contribution in [0, 0.1) is 11.6 Å². The van der Waals surface area contributed by atoms with Gasteiger partial charge in [0.1, 0.15) is 17.7 Å². The van der Waals surface area contributed by atoms with E-state index in [-0.39, 0.29) is 5.56 Å². The van der Waals surface area contributed by atoms with Crippen molar-refractivity contribution in [1.82, 2.24) is 9.88 Å². The highest BCUT2D eigenvalue weighted by Gasteiger charge is 2.36. The second-order valence-corrected chi connectivity index (χ2v) is 6.60. The molecule has 0 aliphatic carbocycles. The van der Waals surface area contributed by atoms with E-state index in [9.17, 15) is 18.7 Å². The highest BCUT2D eigenvalue weighted by Crippen LogP contribution is 2.34. The number of aliphatic carboxylic acids is 1. The summed E-state index contributed by atoms with van der Waals surface area (Å²) in [5.74, 6) is -2.28. The number of benzene rings is 1. The Kier molecular flexibility index (Phi) is 5.61. The third kappa shape index (κ3) is 3.75. The number of aromatic nitrogens is 1. The molecule has 1 aromatic carbocycles. The monoisotopic (exact) mass is 360 g/mol. The minimum Gasteiger partial charge on any atom is -0.480 e. The van der Waals surface area contributed by atoms with Gasteiger partial charge in [0.2, 0.25) is 0 Å². The van der Waals surface area contributed by atoms with Gasteiger partial charge in [-0.15, -0.1) is 0 Å². The number of hydrogen-bond acceptors (Lipinski definition) is 3. The molecule has 2 heterocycles. The number of piperidine rings is 1. The Hall–Kier alpha value is -2.34. The quantitative estimate of drug-likeness (QED) is 0.877. The van der Waals surface area contributed by atoms with E-state index in [4.69, 9.17) is 0 Å². The molecular weight excluding hydrogens is 338 g/mol. The van der Waals surface area contributed by atoms with E-state index in [1.807, 2.05) is 13.0 Å². The summed E-state index contributed by atoms with van der Waals surface area (Å²) >= 11 is 0. The van der Waals surface area contributed by atoms with Gasteiger partial charge in [-0.25, -0.2) is 8.78 Å². The lowest BCUT2D eigenvalue weighted by atomic mass is 9.93. The molecule has 1 aliphatic rings. The molecular formula is C20H22F2N2O2. The molecule has 1 aromatic heterocycles. The number of pyridine rings is 1. The second-order valence-electron chi connectivity index (χ2n) is 6.60. The van der Waals surface area contributed by atoms with Gasteiger partial charge in [-0.05, 0) is 43.5 Å². The van der Waals surface area contributed by atoms with E-state index < -0.39 is 29.7 Å². The van der Waals surface area contributed by atoms with Crippen LogP contribution in [0.15, 0.2) is 36.5 Å². The van der Waals surface area contributed by atoms with Crippen LogP contribution in [0.1, 0.15) is 49.0 Å². The van der Waals surface area contributed by atoms with E-state index in [0.29, 0.717) is 18.7 Å². The number of aryl methyl sites for hydroxylation is 1. The molecule has 1 aliphatic heterocycles. The average molecular weight is 360 g/mol. The first kappa shape index (κ1) is 18.5. The lowest BCUT2D eigenvalue weighted by molar-refractivity contribution is -0.145. The van der Waals surface area contributed by atoms with E-state index >= 15 is 0 Å². The van der Waals surface area contributed by atoms with E-state index in [2.05, 4.69) is 4.98 Å². The van der Waals surface area contributed by atoms with E-state index in [1.54, 1.807) is 17.2 Å². The lowest BCUT2D eigenvalue weighted by Crippen LogP contribution is -2.47. The number of carbonyl (C=O) groups is 1. The van der Waals surface area contributed by atoms with Crippen LogP contribution in [0.4, 0.5) is 8.78 Å². The summed E-state index contributed by atoms with van der Waals surface area (Å²) in [6, 6.07) is 5.76. The molecule has 2 unspecified atom stereocenters. The molecule has 2 atom stereocenters. The van der Waals surface area contributed by atoms with Crippen molar-refractivity contribution >= 4 is 5.97 Å². The van der Waals surface area contributed by atoms with Crippen LogP contribution in [0.25, 0.3) is 0 Å². The van der Waals surface area contributed by atoms with Crippen molar-refractivity contribution in [2.45, 2.75) is 44.7 Å². The minimum atomic E-state index is -0.928. The smallest absolute Gasteiger partial charge is 0.320 e. The summed E-state index contributed by atoms with van der Waals surface area (Å²) in [5.41, 5.74) is 1.86. The highest BCUT2D eigenvalue weighted by atomic mass is 19.1. The minimum absolute atomic E-state index is 0.247.